The van der Waals surface area contributed by atoms with Gasteiger partial charge in [-0.1, -0.05) is 13.8 Å². The Morgan fingerprint density at radius 1 is 1.48 bits per heavy atom. The lowest BCUT2D eigenvalue weighted by molar-refractivity contribution is 0.0525. The number of amidine groups is 1. The average Bonchev–Trinajstić information content (AvgIpc) is 2.89. The molecular weight excluding hydrogens is 310 g/mol. The SMILES string of the molecule is CCOC(=O)c1nc2c(s1)CN(C(C)=NC(C)(C)C(C)C)CC2. The van der Waals surface area contributed by atoms with Crippen molar-refractivity contribution in [1.29, 1.82) is 0 Å². The predicted molar refractivity (Wildman–Crippen MR) is 94.2 cm³/mol. The van der Waals surface area contributed by atoms with Gasteiger partial charge in [0, 0.05) is 17.8 Å². The maximum atomic E-state index is 11.8. The van der Waals surface area contributed by atoms with E-state index in [-0.39, 0.29) is 11.5 Å². The summed E-state index contributed by atoms with van der Waals surface area (Å²) in [6.45, 7) is 14.7. The molecule has 1 aliphatic heterocycles. The highest BCUT2D eigenvalue weighted by Gasteiger charge is 2.26. The standard InChI is InChI=1S/C17H27N3O2S/c1-7-22-16(21)15-18-13-8-9-20(10-14(13)23-15)12(4)19-17(5,6)11(2)3/h11H,7-10H2,1-6H3. The summed E-state index contributed by atoms with van der Waals surface area (Å²) < 4.78 is 5.04. The van der Waals surface area contributed by atoms with Crippen LogP contribution in [-0.4, -0.2) is 40.4 Å². The van der Waals surface area contributed by atoms with Gasteiger partial charge in [0.05, 0.1) is 30.2 Å². The van der Waals surface area contributed by atoms with Gasteiger partial charge in [0.1, 0.15) is 0 Å². The first-order valence-corrected chi connectivity index (χ1v) is 9.03. The number of fused-ring (bicyclic) bond motifs is 1. The minimum absolute atomic E-state index is 0.0752. The fourth-order valence-corrected chi connectivity index (χ4v) is 3.39. The average molecular weight is 337 g/mol. The molecule has 0 amide bonds. The highest BCUT2D eigenvalue weighted by atomic mass is 32.1. The van der Waals surface area contributed by atoms with Crippen LogP contribution in [0.4, 0.5) is 0 Å². The van der Waals surface area contributed by atoms with E-state index < -0.39 is 0 Å². The Morgan fingerprint density at radius 2 is 2.17 bits per heavy atom. The monoisotopic (exact) mass is 337 g/mol. The van der Waals surface area contributed by atoms with Crippen molar-refractivity contribution in [3.8, 4) is 0 Å². The molecule has 0 spiro atoms. The topological polar surface area (TPSA) is 54.8 Å². The van der Waals surface area contributed by atoms with E-state index in [1.165, 1.54) is 11.3 Å². The Hall–Kier alpha value is -1.43. The number of carbonyl (C=O) groups excluding carboxylic acids is 1. The maximum Gasteiger partial charge on any atom is 0.367 e. The van der Waals surface area contributed by atoms with Crippen LogP contribution in [-0.2, 0) is 17.7 Å². The minimum Gasteiger partial charge on any atom is -0.461 e. The molecule has 1 aliphatic rings. The summed E-state index contributed by atoms with van der Waals surface area (Å²) in [6.07, 6.45) is 0.847. The number of thiazole rings is 1. The fraction of sp³-hybridized carbons (Fsp3) is 0.706. The van der Waals surface area contributed by atoms with Gasteiger partial charge in [-0.3, -0.25) is 4.99 Å². The normalized spacial score (nSPS) is 15.8. The van der Waals surface area contributed by atoms with E-state index in [2.05, 4.69) is 44.5 Å². The molecule has 2 rings (SSSR count). The molecular formula is C17H27N3O2S. The molecule has 5 nitrogen and oxygen atoms in total. The van der Waals surface area contributed by atoms with Crippen LogP contribution in [0.1, 0.15) is 61.9 Å². The highest BCUT2D eigenvalue weighted by Crippen LogP contribution is 2.27. The first-order valence-electron chi connectivity index (χ1n) is 8.21. The van der Waals surface area contributed by atoms with Crippen LogP contribution in [0.25, 0.3) is 0 Å². The zero-order valence-electron chi connectivity index (χ0n) is 15.0. The lowest BCUT2D eigenvalue weighted by atomic mass is 9.91. The van der Waals surface area contributed by atoms with Gasteiger partial charge in [-0.05, 0) is 33.6 Å². The van der Waals surface area contributed by atoms with Crippen molar-refractivity contribution < 1.29 is 9.53 Å². The molecule has 0 N–H and O–H groups in total. The molecule has 1 aromatic heterocycles. The van der Waals surface area contributed by atoms with Crippen LogP contribution in [0.2, 0.25) is 0 Å². The van der Waals surface area contributed by atoms with Crippen molar-refractivity contribution >= 4 is 23.1 Å². The smallest absolute Gasteiger partial charge is 0.367 e. The Labute approximate surface area is 142 Å². The molecule has 6 heteroatoms. The lowest BCUT2D eigenvalue weighted by Crippen LogP contribution is -2.37. The number of esters is 1. The number of nitrogens with zero attached hydrogens (tertiary/aromatic N) is 3. The van der Waals surface area contributed by atoms with E-state index in [4.69, 9.17) is 9.73 Å². The van der Waals surface area contributed by atoms with E-state index in [0.717, 1.165) is 35.9 Å². The van der Waals surface area contributed by atoms with Crippen molar-refractivity contribution in [3.63, 3.8) is 0 Å². The van der Waals surface area contributed by atoms with Crippen LogP contribution < -0.4 is 0 Å². The number of rotatable bonds is 4. The fourth-order valence-electron chi connectivity index (χ4n) is 2.37. The van der Waals surface area contributed by atoms with Crippen molar-refractivity contribution in [3.05, 3.63) is 15.6 Å². The van der Waals surface area contributed by atoms with Gasteiger partial charge in [0.25, 0.3) is 0 Å². The van der Waals surface area contributed by atoms with E-state index >= 15 is 0 Å². The van der Waals surface area contributed by atoms with Gasteiger partial charge >= 0.3 is 5.97 Å². The summed E-state index contributed by atoms with van der Waals surface area (Å²) in [5.41, 5.74) is 0.957. The third-order valence-electron chi connectivity index (χ3n) is 4.50. The second-order valence-electron chi connectivity index (χ2n) is 6.75. The second-order valence-corrected chi connectivity index (χ2v) is 7.83. The zero-order chi connectivity index (χ0) is 17.2. The number of carbonyl (C=O) groups is 1. The number of hydrogen-bond acceptors (Lipinski definition) is 5. The van der Waals surface area contributed by atoms with Crippen molar-refractivity contribution in [2.45, 2.75) is 60.0 Å². The van der Waals surface area contributed by atoms with E-state index in [1.807, 2.05) is 6.92 Å². The summed E-state index contributed by atoms with van der Waals surface area (Å²) in [6, 6.07) is 0. The summed E-state index contributed by atoms with van der Waals surface area (Å²) in [5, 5.41) is 0.468. The van der Waals surface area contributed by atoms with Gasteiger partial charge in [0.15, 0.2) is 0 Å². The highest BCUT2D eigenvalue weighted by molar-refractivity contribution is 7.13. The third-order valence-corrected chi connectivity index (χ3v) is 5.56. The molecule has 0 bridgehead atoms. The van der Waals surface area contributed by atoms with Crippen LogP contribution >= 0.6 is 11.3 Å². The van der Waals surface area contributed by atoms with E-state index in [1.54, 1.807) is 0 Å². The van der Waals surface area contributed by atoms with E-state index in [0.29, 0.717) is 17.5 Å². The molecule has 0 aliphatic carbocycles. The van der Waals surface area contributed by atoms with Crippen LogP contribution in [0.5, 0.6) is 0 Å². The molecule has 0 saturated carbocycles. The van der Waals surface area contributed by atoms with Gasteiger partial charge in [-0.15, -0.1) is 11.3 Å². The largest absolute Gasteiger partial charge is 0.461 e. The Balaban J connectivity index is 2.14. The number of aromatic nitrogens is 1. The number of aliphatic imine (C=N–C) groups is 1. The first kappa shape index (κ1) is 17.9. The second kappa shape index (κ2) is 6.99. The van der Waals surface area contributed by atoms with E-state index in [9.17, 15) is 4.79 Å². The van der Waals surface area contributed by atoms with Gasteiger partial charge in [-0.25, -0.2) is 9.78 Å². The number of ether oxygens (including phenoxy) is 1. The molecule has 0 aromatic carbocycles. The Bertz CT molecular complexity index is 605. The summed E-state index contributed by atoms with van der Waals surface area (Å²) in [5.74, 6) is 1.22. The predicted octanol–water partition coefficient (Wildman–Crippen LogP) is 3.53. The van der Waals surface area contributed by atoms with Crippen molar-refractivity contribution in [2.75, 3.05) is 13.2 Å². The molecule has 128 valence electrons. The molecule has 0 saturated heterocycles. The summed E-state index contributed by atoms with van der Waals surface area (Å²) in [4.78, 5) is 24.6. The van der Waals surface area contributed by atoms with Gasteiger partial charge in [0.2, 0.25) is 5.01 Å². The third kappa shape index (κ3) is 4.10. The molecule has 1 aromatic rings. The van der Waals surface area contributed by atoms with Crippen LogP contribution in [0.3, 0.4) is 0 Å². The molecule has 23 heavy (non-hydrogen) atoms. The maximum absolute atomic E-state index is 11.8. The van der Waals surface area contributed by atoms with Gasteiger partial charge in [-0.2, -0.15) is 0 Å². The molecule has 0 fully saturated rings. The number of hydrogen-bond donors (Lipinski definition) is 0. The molecule has 2 heterocycles. The summed E-state index contributed by atoms with van der Waals surface area (Å²) >= 11 is 1.45. The van der Waals surface area contributed by atoms with Crippen molar-refractivity contribution in [1.82, 2.24) is 9.88 Å². The van der Waals surface area contributed by atoms with Crippen molar-refractivity contribution in [2.24, 2.45) is 10.9 Å². The first-order chi connectivity index (χ1) is 10.7. The minimum atomic E-state index is -0.315. The van der Waals surface area contributed by atoms with Crippen LogP contribution in [0.15, 0.2) is 4.99 Å². The molecule has 0 unspecified atom stereocenters. The molecule has 0 radical (unpaired) electrons. The zero-order valence-corrected chi connectivity index (χ0v) is 15.8. The Morgan fingerprint density at radius 3 is 2.78 bits per heavy atom. The lowest BCUT2D eigenvalue weighted by Gasteiger charge is -2.32. The Kier molecular flexibility index (Phi) is 5.45. The summed E-state index contributed by atoms with van der Waals surface area (Å²) in [7, 11) is 0. The van der Waals surface area contributed by atoms with Gasteiger partial charge < -0.3 is 9.64 Å². The quantitative estimate of drug-likeness (QED) is 0.479. The van der Waals surface area contributed by atoms with Crippen LogP contribution in [0, 0.1) is 5.92 Å². The molecule has 0 atom stereocenters.